The SMILES string of the molecule is CN1CCC(CN2CCN(C(=O)CSC(c3ccccc3)c3ccccc3)CC2)CC1. The molecule has 31 heavy (non-hydrogen) atoms. The van der Waals surface area contributed by atoms with Crippen molar-refractivity contribution in [1.29, 1.82) is 0 Å². The molecule has 0 N–H and O–H groups in total. The molecule has 0 bridgehead atoms. The second-order valence-electron chi connectivity index (χ2n) is 8.94. The zero-order valence-electron chi connectivity index (χ0n) is 18.7. The molecule has 2 aliphatic heterocycles. The zero-order valence-corrected chi connectivity index (χ0v) is 19.5. The Bertz CT molecular complexity index is 760. The summed E-state index contributed by atoms with van der Waals surface area (Å²) >= 11 is 1.75. The fourth-order valence-corrected chi connectivity index (χ4v) is 5.87. The summed E-state index contributed by atoms with van der Waals surface area (Å²) < 4.78 is 0. The van der Waals surface area contributed by atoms with Crippen LogP contribution in [-0.2, 0) is 4.79 Å². The van der Waals surface area contributed by atoms with Crippen LogP contribution in [0.25, 0.3) is 0 Å². The lowest BCUT2D eigenvalue weighted by Crippen LogP contribution is -2.50. The van der Waals surface area contributed by atoms with E-state index < -0.39 is 0 Å². The third-order valence-electron chi connectivity index (χ3n) is 6.66. The number of piperazine rings is 1. The number of nitrogens with zero attached hydrogens (tertiary/aromatic N) is 3. The molecule has 0 atom stereocenters. The summed E-state index contributed by atoms with van der Waals surface area (Å²) in [4.78, 5) is 20.1. The van der Waals surface area contributed by atoms with Gasteiger partial charge in [0.2, 0.25) is 5.91 Å². The number of thioether (sulfide) groups is 1. The van der Waals surface area contributed by atoms with Gasteiger partial charge in [0.05, 0.1) is 11.0 Å². The minimum Gasteiger partial charge on any atom is -0.339 e. The highest BCUT2D eigenvalue weighted by atomic mass is 32.2. The van der Waals surface area contributed by atoms with Gasteiger partial charge < -0.3 is 9.80 Å². The summed E-state index contributed by atoms with van der Waals surface area (Å²) in [6, 6.07) is 21.1. The molecule has 4 rings (SSSR count). The van der Waals surface area contributed by atoms with Gasteiger partial charge in [-0.25, -0.2) is 0 Å². The molecule has 2 aromatic rings. The van der Waals surface area contributed by atoms with E-state index in [9.17, 15) is 4.79 Å². The number of rotatable bonds is 7. The Kier molecular flexibility index (Phi) is 8.06. The summed E-state index contributed by atoms with van der Waals surface area (Å²) in [5, 5.41) is 0.192. The standard InChI is InChI=1S/C26H35N3OS/c1-27-14-12-22(13-15-27)20-28-16-18-29(19-17-28)25(30)21-31-26(23-8-4-2-5-9-23)24-10-6-3-7-11-24/h2-11,22,26H,12-21H2,1H3. The Morgan fingerprint density at radius 2 is 1.42 bits per heavy atom. The topological polar surface area (TPSA) is 26.8 Å². The molecule has 0 spiro atoms. The lowest BCUT2D eigenvalue weighted by atomic mass is 9.96. The highest BCUT2D eigenvalue weighted by Crippen LogP contribution is 2.35. The van der Waals surface area contributed by atoms with E-state index in [1.54, 1.807) is 11.8 Å². The van der Waals surface area contributed by atoms with E-state index in [2.05, 4.69) is 70.3 Å². The predicted molar refractivity (Wildman–Crippen MR) is 130 cm³/mol. The number of likely N-dealkylation sites (tertiary alicyclic amines) is 1. The normalized spacial score (nSPS) is 19.1. The fraction of sp³-hybridized carbons (Fsp3) is 0.500. The third kappa shape index (κ3) is 6.34. The van der Waals surface area contributed by atoms with Gasteiger partial charge in [-0.3, -0.25) is 9.69 Å². The van der Waals surface area contributed by atoms with Gasteiger partial charge in [0.25, 0.3) is 0 Å². The first-order chi connectivity index (χ1) is 15.2. The molecule has 2 heterocycles. The number of carbonyl (C=O) groups is 1. The van der Waals surface area contributed by atoms with Gasteiger partial charge in [0.1, 0.15) is 0 Å². The van der Waals surface area contributed by atoms with E-state index in [0.717, 1.165) is 32.1 Å². The summed E-state index contributed by atoms with van der Waals surface area (Å²) in [6.07, 6.45) is 2.62. The summed E-state index contributed by atoms with van der Waals surface area (Å²) in [6.45, 7) is 7.43. The molecule has 5 heteroatoms. The van der Waals surface area contributed by atoms with Crippen molar-refractivity contribution in [3.63, 3.8) is 0 Å². The molecular weight excluding hydrogens is 402 g/mol. The molecule has 0 saturated carbocycles. The minimum absolute atomic E-state index is 0.192. The van der Waals surface area contributed by atoms with Crippen molar-refractivity contribution < 1.29 is 4.79 Å². The molecule has 0 radical (unpaired) electrons. The second kappa shape index (κ2) is 11.2. The van der Waals surface area contributed by atoms with E-state index in [4.69, 9.17) is 0 Å². The number of benzene rings is 2. The Labute approximate surface area is 191 Å². The number of hydrogen-bond acceptors (Lipinski definition) is 4. The van der Waals surface area contributed by atoms with Crippen LogP contribution in [0, 0.1) is 5.92 Å². The van der Waals surface area contributed by atoms with Gasteiger partial charge in [-0.15, -0.1) is 11.8 Å². The summed E-state index contributed by atoms with van der Waals surface area (Å²) in [7, 11) is 2.22. The molecule has 2 aliphatic rings. The van der Waals surface area contributed by atoms with Gasteiger partial charge in [-0.2, -0.15) is 0 Å². The Hall–Kier alpha value is -1.82. The fourth-order valence-electron chi connectivity index (χ4n) is 4.68. The number of carbonyl (C=O) groups excluding carboxylic acids is 1. The molecule has 4 nitrogen and oxygen atoms in total. The predicted octanol–water partition coefficient (Wildman–Crippen LogP) is 4.00. The van der Waals surface area contributed by atoms with Gasteiger partial charge in [-0.05, 0) is 50.0 Å². The lowest BCUT2D eigenvalue weighted by molar-refractivity contribution is -0.130. The van der Waals surface area contributed by atoms with Crippen LogP contribution in [0.1, 0.15) is 29.2 Å². The summed E-state index contributed by atoms with van der Waals surface area (Å²) in [5.74, 6) is 1.64. The summed E-state index contributed by atoms with van der Waals surface area (Å²) in [5.41, 5.74) is 2.52. The van der Waals surface area contributed by atoms with Crippen LogP contribution in [0.15, 0.2) is 60.7 Å². The first-order valence-corrected chi connectivity index (χ1v) is 12.6. The lowest BCUT2D eigenvalue weighted by Gasteiger charge is -2.38. The van der Waals surface area contributed by atoms with Crippen LogP contribution in [0.2, 0.25) is 0 Å². The number of piperidine rings is 1. The van der Waals surface area contributed by atoms with Crippen LogP contribution in [0.3, 0.4) is 0 Å². The van der Waals surface area contributed by atoms with Crippen molar-refractivity contribution in [3.05, 3.63) is 71.8 Å². The molecule has 0 aromatic heterocycles. The average molecular weight is 438 g/mol. The highest BCUT2D eigenvalue weighted by Gasteiger charge is 2.25. The molecule has 166 valence electrons. The Balaban J connectivity index is 1.27. The van der Waals surface area contributed by atoms with Crippen LogP contribution < -0.4 is 0 Å². The van der Waals surface area contributed by atoms with Crippen molar-refractivity contribution in [2.45, 2.75) is 18.1 Å². The minimum atomic E-state index is 0.192. The van der Waals surface area contributed by atoms with Gasteiger partial charge >= 0.3 is 0 Å². The first kappa shape index (κ1) is 22.4. The van der Waals surface area contributed by atoms with Gasteiger partial charge in [0, 0.05) is 32.7 Å². The van der Waals surface area contributed by atoms with Crippen LogP contribution in [0.5, 0.6) is 0 Å². The van der Waals surface area contributed by atoms with E-state index in [1.165, 1.54) is 43.6 Å². The molecule has 2 fully saturated rings. The molecule has 1 amide bonds. The first-order valence-electron chi connectivity index (χ1n) is 11.6. The largest absolute Gasteiger partial charge is 0.339 e. The molecular formula is C26H35N3OS. The van der Waals surface area contributed by atoms with Crippen LogP contribution in [0.4, 0.5) is 0 Å². The Morgan fingerprint density at radius 3 is 1.97 bits per heavy atom. The molecule has 2 aromatic carbocycles. The van der Waals surface area contributed by atoms with E-state index in [1.807, 2.05) is 12.1 Å². The maximum atomic E-state index is 13.0. The third-order valence-corrected chi connectivity index (χ3v) is 7.95. The zero-order chi connectivity index (χ0) is 21.5. The van der Waals surface area contributed by atoms with E-state index in [0.29, 0.717) is 5.75 Å². The second-order valence-corrected chi connectivity index (χ2v) is 10.0. The van der Waals surface area contributed by atoms with Crippen molar-refractivity contribution in [2.75, 3.05) is 58.6 Å². The van der Waals surface area contributed by atoms with Crippen molar-refractivity contribution in [2.24, 2.45) is 5.92 Å². The Morgan fingerprint density at radius 1 is 0.871 bits per heavy atom. The van der Waals surface area contributed by atoms with Crippen molar-refractivity contribution in [1.82, 2.24) is 14.7 Å². The molecule has 2 saturated heterocycles. The van der Waals surface area contributed by atoms with Crippen molar-refractivity contribution >= 4 is 17.7 Å². The van der Waals surface area contributed by atoms with E-state index >= 15 is 0 Å². The molecule has 0 unspecified atom stereocenters. The van der Waals surface area contributed by atoms with Crippen molar-refractivity contribution in [3.8, 4) is 0 Å². The monoisotopic (exact) mass is 437 g/mol. The highest BCUT2D eigenvalue weighted by molar-refractivity contribution is 8.00. The van der Waals surface area contributed by atoms with Gasteiger partial charge in [-0.1, -0.05) is 60.7 Å². The maximum Gasteiger partial charge on any atom is 0.232 e. The quantitative estimate of drug-likeness (QED) is 0.654. The van der Waals surface area contributed by atoms with Crippen LogP contribution in [-0.4, -0.2) is 79.2 Å². The maximum absolute atomic E-state index is 13.0. The number of hydrogen-bond donors (Lipinski definition) is 0. The van der Waals surface area contributed by atoms with Gasteiger partial charge in [0.15, 0.2) is 0 Å². The average Bonchev–Trinajstić information content (AvgIpc) is 2.82. The van der Waals surface area contributed by atoms with E-state index in [-0.39, 0.29) is 11.2 Å². The smallest absolute Gasteiger partial charge is 0.232 e. The number of amides is 1. The molecule has 0 aliphatic carbocycles. The van der Waals surface area contributed by atoms with Crippen LogP contribution >= 0.6 is 11.8 Å².